The predicted molar refractivity (Wildman–Crippen MR) is 83.3 cm³/mol. The highest BCUT2D eigenvalue weighted by Gasteiger charge is 2.12. The van der Waals surface area contributed by atoms with Gasteiger partial charge in [0.2, 0.25) is 0 Å². The van der Waals surface area contributed by atoms with Crippen molar-refractivity contribution >= 4 is 11.4 Å². The topological polar surface area (TPSA) is 53.0 Å². The van der Waals surface area contributed by atoms with Crippen LogP contribution in [-0.4, -0.2) is 6.54 Å². The van der Waals surface area contributed by atoms with Crippen molar-refractivity contribution in [2.75, 3.05) is 17.2 Å². The Bertz CT molecular complexity index is 661. The molecule has 0 amide bonds. The van der Waals surface area contributed by atoms with E-state index in [2.05, 4.69) is 17.9 Å². The van der Waals surface area contributed by atoms with Gasteiger partial charge in [-0.3, -0.25) is 0 Å². The summed E-state index contributed by atoms with van der Waals surface area (Å²) in [7, 11) is 0. The molecule has 3 nitrogen and oxygen atoms in total. The van der Waals surface area contributed by atoms with E-state index in [0.717, 1.165) is 18.7 Å². The molecule has 0 spiro atoms. The summed E-state index contributed by atoms with van der Waals surface area (Å²) in [6.07, 6.45) is 0.936. The molecule has 2 rings (SSSR count). The molecule has 0 bridgehead atoms. The Kier molecular flexibility index (Phi) is 4.78. The third-order valence-electron chi connectivity index (χ3n) is 3.32. The quantitative estimate of drug-likeness (QED) is 0.851. The van der Waals surface area contributed by atoms with Crippen LogP contribution in [0.2, 0.25) is 0 Å². The number of hydrogen-bond acceptors (Lipinski definition) is 3. The van der Waals surface area contributed by atoms with Gasteiger partial charge in [0.15, 0.2) is 0 Å². The van der Waals surface area contributed by atoms with Gasteiger partial charge in [-0.25, -0.2) is 4.39 Å². The number of benzene rings is 2. The lowest BCUT2D eigenvalue weighted by molar-refractivity contribution is 0.624. The fourth-order valence-electron chi connectivity index (χ4n) is 2.34. The van der Waals surface area contributed by atoms with E-state index in [1.54, 1.807) is 0 Å². The first kappa shape index (κ1) is 14.9. The van der Waals surface area contributed by atoms with Crippen LogP contribution < -0.4 is 10.6 Å². The van der Waals surface area contributed by atoms with Gasteiger partial charge in [-0.05, 0) is 42.3 Å². The van der Waals surface area contributed by atoms with Crippen LogP contribution in [0.15, 0.2) is 42.5 Å². The second kappa shape index (κ2) is 6.76. The molecule has 2 aromatic rings. The van der Waals surface area contributed by atoms with Crippen molar-refractivity contribution in [3.05, 3.63) is 59.4 Å². The van der Waals surface area contributed by atoms with Gasteiger partial charge >= 0.3 is 0 Å². The van der Waals surface area contributed by atoms with Gasteiger partial charge in [-0.2, -0.15) is 5.26 Å². The lowest BCUT2D eigenvalue weighted by Gasteiger charge is -2.26. The molecule has 0 atom stereocenters. The average Bonchev–Trinajstić information content (AvgIpc) is 2.48. The van der Waals surface area contributed by atoms with E-state index in [1.807, 2.05) is 24.3 Å². The van der Waals surface area contributed by atoms with Crippen molar-refractivity contribution in [3.63, 3.8) is 0 Å². The summed E-state index contributed by atoms with van der Waals surface area (Å²) >= 11 is 0. The fraction of sp³-hybridized carbons (Fsp3) is 0.235. The third kappa shape index (κ3) is 3.51. The monoisotopic (exact) mass is 283 g/mol. The summed E-state index contributed by atoms with van der Waals surface area (Å²) in [6, 6.07) is 13.9. The Hall–Kier alpha value is -2.54. The van der Waals surface area contributed by atoms with Crippen LogP contribution >= 0.6 is 0 Å². The summed E-state index contributed by atoms with van der Waals surface area (Å²) in [5, 5.41) is 9.16. The first-order valence-electron chi connectivity index (χ1n) is 6.93. The lowest BCUT2D eigenvalue weighted by Crippen LogP contribution is -2.25. The van der Waals surface area contributed by atoms with E-state index < -0.39 is 0 Å². The highest BCUT2D eigenvalue weighted by atomic mass is 19.1. The molecule has 108 valence electrons. The number of anilines is 2. The second-order valence-corrected chi connectivity index (χ2v) is 4.89. The predicted octanol–water partition coefficient (Wildman–Crippen LogP) is 3.70. The number of nitrogens with two attached hydrogens (primary N) is 1. The average molecular weight is 283 g/mol. The molecule has 0 aromatic heterocycles. The summed E-state index contributed by atoms with van der Waals surface area (Å²) in [4.78, 5) is 2.07. The van der Waals surface area contributed by atoms with Gasteiger partial charge in [-0.1, -0.05) is 19.1 Å². The molecule has 0 aliphatic heterocycles. The molecule has 2 aromatic carbocycles. The summed E-state index contributed by atoms with van der Waals surface area (Å²) in [6.45, 7) is 3.32. The maximum Gasteiger partial charge on any atom is 0.123 e. The molecule has 21 heavy (non-hydrogen) atoms. The smallest absolute Gasteiger partial charge is 0.123 e. The first-order chi connectivity index (χ1) is 10.2. The Balaban J connectivity index is 2.35. The molecule has 0 saturated carbocycles. The van der Waals surface area contributed by atoms with Gasteiger partial charge in [0.05, 0.1) is 23.0 Å². The zero-order chi connectivity index (χ0) is 15.2. The van der Waals surface area contributed by atoms with Crippen molar-refractivity contribution in [3.8, 4) is 6.07 Å². The normalized spacial score (nSPS) is 10.1. The highest BCUT2D eigenvalue weighted by Crippen LogP contribution is 2.25. The maximum atomic E-state index is 13.4. The molecule has 0 aliphatic carbocycles. The Morgan fingerprint density at radius 2 is 2.00 bits per heavy atom. The van der Waals surface area contributed by atoms with Gasteiger partial charge in [0, 0.05) is 13.1 Å². The van der Waals surface area contributed by atoms with Crippen LogP contribution in [0.5, 0.6) is 0 Å². The summed E-state index contributed by atoms with van der Waals surface area (Å²) < 4.78 is 13.4. The minimum absolute atomic E-state index is 0.332. The minimum atomic E-state index is -0.332. The molecule has 0 aliphatic rings. The van der Waals surface area contributed by atoms with Crippen LogP contribution in [0.3, 0.4) is 0 Å². The molecule has 0 fully saturated rings. The Morgan fingerprint density at radius 1 is 1.24 bits per heavy atom. The van der Waals surface area contributed by atoms with Crippen LogP contribution in [0.25, 0.3) is 0 Å². The minimum Gasteiger partial charge on any atom is -0.397 e. The van der Waals surface area contributed by atoms with E-state index in [1.165, 1.54) is 18.2 Å². The SMILES string of the molecule is CCCN(Cc1cc(F)ccc1C#N)c1ccccc1N. The highest BCUT2D eigenvalue weighted by molar-refractivity contribution is 5.67. The molecule has 0 unspecified atom stereocenters. The van der Waals surface area contributed by atoms with E-state index in [-0.39, 0.29) is 5.82 Å². The molecule has 2 N–H and O–H groups in total. The second-order valence-electron chi connectivity index (χ2n) is 4.89. The van der Waals surface area contributed by atoms with E-state index >= 15 is 0 Å². The van der Waals surface area contributed by atoms with Gasteiger partial charge in [-0.15, -0.1) is 0 Å². The van der Waals surface area contributed by atoms with Crippen molar-refractivity contribution in [2.45, 2.75) is 19.9 Å². The lowest BCUT2D eigenvalue weighted by atomic mass is 10.1. The molecule has 0 heterocycles. The first-order valence-corrected chi connectivity index (χ1v) is 6.93. The van der Waals surface area contributed by atoms with Gasteiger partial charge in [0.25, 0.3) is 0 Å². The third-order valence-corrected chi connectivity index (χ3v) is 3.32. The van der Waals surface area contributed by atoms with E-state index in [0.29, 0.717) is 23.4 Å². The molecule has 4 heteroatoms. The molecule has 0 saturated heterocycles. The summed E-state index contributed by atoms with van der Waals surface area (Å²) in [5.74, 6) is -0.332. The van der Waals surface area contributed by atoms with Crippen molar-refractivity contribution < 1.29 is 4.39 Å². The number of para-hydroxylation sites is 2. The molecular formula is C17H18FN3. The van der Waals surface area contributed by atoms with E-state index in [4.69, 9.17) is 11.0 Å². The fourth-order valence-corrected chi connectivity index (χ4v) is 2.34. The van der Waals surface area contributed by atoms with Gasteiger partial charge < -0.3 is 10.6 Å². The number of halogens is 1. The van der Waals surface area contributed by atoms with Crippen LogP contribution in [0.1, 0.15) is 24.5 Å². The number of nitriles is 1. The number of nitrogens with zero attached hydrogens (tertiary/aromatic N) is 2. The maximum absolute atomic E-state index is 13.4. The molecule has 0 radical (unpaired) electrons. The molecular weight excluding hydrogens is 265 g/mol. The zero-order valence-corrected chi connectivity index (χ0v) is 12.0. The largest absolute Gasteiger partial charge is 0.397 e. The number of nitrogen functional groups attached to an aromatic ring is 1. The number of rotatable bonds is 5. The van der Waals surface area contributed by atoms with Crippen molar-refractivity contribution in [1.29, 1.82) is 5.26 Å². The zero-order valence-electron chi connectivity index (χ0n) is 12.0. The number of hydrogen-bond donors (Lipinski definition) is 1. The van der Waals surface area contributed by atoms with Crippen LogP contribution in [0, 0.1) is 17.1 Å². The van der Waals surface area contributed by atoms with Crippen LogP contribution in [0.4, 0.5) is 15.8 Å². The van der Waals surface area contributed by atoms with Crippen molar-refractivity contribution in [2.24, 2.45) is 0 Å². The van der Waals surface area contributed by atoms with E-state index in [9.17, 15) is 4.39 Å². The van der Waals surface area contributed by atoms with Crippen molar-refractivity contribution in [1.82, 2.24) is 0 Å². The Morgan fingerprint density at radius 3 is 2.67 bits per heavy atom. The van der Waals surface area contributed by atoms with Gasteiger partial charge in [0.1, 0.15) is 5.82 Å². The summed E-state index contributed by atoms with van der Waals surface area (Å²) in [5.41, 5.74) is 8.78. The van der Waals surface area contributed by atoms with Crippen LogP contribution in [-0.2, 0) is 6.54 Å². The Labute approximate surface area is 124 Å². The standard InChI is InChI=1S/C17H18FN3/c1-2-9-21(17-6-4-3-5-16(17)20)12-14-10-15(18)8-7-13(14)11-19/h3-8,10H,2,9,12,20H2,1H3.